The summed E-state index contributed by atoms with van der Waals surface area (Å²) >= 11 is 12.0. The zero-order valence-corrected chi connectivity index (χ0v) is 13.9. The quantitative estimate of drug-likeness (QED) is 0.548. The van der Waals surface area contributed by atoms with Crippen molar-refractivity contribution < 1.29 is 16.8 Å². The summed E-state index contributed by atoms with van der Waals surface area (Å²) in [5.74, 6) is 0.122. The Bertz CT molecular complexity index is 469. The summed E-state index contributed by atoms with van der Waals surface area (Å²) in [6.07, 6.45) is 0. The molecule has 106 valence electrons. The molecule has 0 saturated carbocycles. The van der Waals surface area contributed by atoms with E-state index in [0.717, 1.165) is 0 Å². The van der Waals surface area contributed by atoms with Gasteiger partial charge in [-0.3, -0.25) is 0 Å². The smallest absolute Gasteiger partial charge is 0.152 e. The Morgan fingerprint density at radius 2 is 1.06 bits per heavy atom. The maximum absolute atomic E-state index is 11.4. The predicted molar refractivity (Wildman–Crippen MR) is 79.3 cm³/mol. The number of alkyl halides is 2. The third-order valence-electron chi connectivity index (χ3n) is 2.77. The molecule has 0 aromatic heterocycles. The number of hydrogen-bond donors (Lipinski definition) is 0. The highest BCUT2D eigenvalue weighted by Gasteiger charge is 2.41. The van der Waals surface area contributed by atoms with Crippen LogP contribution in [0.4, 0.5) is 0 Å². The lowest BCUT2D eigenvalue weighted by Gasteiger charge is -2.15. The fraction of sp³-hybridized carbons (Fsp3) is 1.00. The molecular formula is C8H12Cl2O4S4. The molecular weight excluding hydrogens is 359 g/mol. The Hall–Kier alpha value is 1.18. The molecule has 4 nitrogen and oxygen atoms in total. The van der Waals surface area contributed by atoms with Gasteiger partial charge in [0.15, 0.2) is 19.7 Å². The molecule has 4 atom stereocenters. The van der Waals surface area contributed by atoms with Crippen LogP contribution >= 0.6 is 44.8 Å². The first-order valence-corrected chi connectivity index (χ1v) is 12.0. The zero-order valence-electron chi connectivity index (χ0n) is 9.16. The average Bonchev–Trinajstić information content (AvgIpc) is 2.59. The van der Waals surface area contributed by atoms with Crippen molar-refractivity contribution in [3.8, 4) is 0 Å². The zero-order chi connectivity index (χ0) is 13.6. The molecule has 2 heterocycles. The Balaban J connectivity index is 1.90. The summed E-state index contributed by atoms with van der Waals surface area (Å²) in [6.45, 7) is 0. The summed E-state index contributed by atoms with van der Waals surface area (Å²) < 4.78 is 45.5. The van der Waals surface area contributed by atoms with Crippen molar-refractivity contribution in [3.63, 3.8) is 0 Å². The van der Waals surface area contributed by atoms with E-state index in [2.05, 4.69) is 0 Å². The number of halogens is 2. The molecule has 0 N–H and O–H groups in total. The van der Waals surface area contributed by atoms with Crippen LogP contribution in [0.5, 0.6) is 0 Å². The van der Waals surface area contributed by atoms with Crippen LogP contribution < -0.4 is 0 Å². The molecule has 0 aliphatic carbocycles. The highest BCUT2D eigenvalue weighted by Crippen LogP contribution is 2.42. The highest BCUT2D eigenvalue weighted by atomic mass is 35.5. The molecule has 2 aliphatic heterocycles. The Labute approximate surface area is 125 Å². The van der Waals surface area contributed by atoms with Crippen LogP contribution in [0, 0.1) is 0 Å². The summed E-state index contributed by atoms with van der Waals surface area (Å²) in [4.78, 5) is 0. The Kier molecular flexibility index (Phi) is 4.77. The Morgan fingerprint density at radius 3 is 1.28 bits per heavy atom. The van der Waals surface area contributed by atoms with Crippen molar-refractivity contribution in [1.29, 1.82) is 0 Å². The lowest BCUT2D eigenvalue weighted by molar-refractivity contribution is 0.600. The third-order valence-corrected chi connectivity index (χ3v) is 11.7. The van der Waals surface area contributed by atoms with E-state index in [9.17, 15) is 16.8 Å². The van der Waals surface area contributed by atoms with E-state index in [1.54, 1.807) is 0 Å². The molecule has 0 aromatic carbocycles. The van der Waals surface area contributed by atoms with Crippen LogP contribution in [0.2, 0.25) is 0 Å². The van der Waals surface area contributed by atoms with Crippen LogP contribution in [0.15, 0.2) is 0 Å². The maximum atomic E-state index is 11.4. The first-order chi connectivity index (χ1) is 8.19. The van der Waals surface area contributed by atoms with Crippen LogP contribution in [0.3, 0.4) is 0 Å². The van der Waals surface area contributed by atoms with Gasteiger partial charge in [-0.15, -0.1) is 23.2 Å². The van der Waals surface area contributed by atoms with Crippen LogP contribution in [-0.2, 0) is 19.7 Å². The van der Waals surface area contributed by atoms with Crippen molar-refractivity contribution in [2.45, 2.75) is 21.3 Å². The molecule has 0 unspecified atom stereocenters. The van der Waals surface area contributed by atoms with E-state index >= 15 is 0 Å². The van der Waals surface area contributed by atoms with Crippen molar-refractivity contribution in [2.75, 3.05) is 23.0 Å². The first kappa shape index (κ1) is 15.6. The van der Waals surface area contributed by atoms with Gasteiger partial charge in [-0.05, 0) is 0 Å². The molecule has 2 aliphatic rings. The molecule has 18 heavy (non-hydrogen) atoms. The molecule has 10 heteroatoms. The van der Waals surface area contributed by atoms with E-state index in [0.29, 0.717) is 0 Å². The normalized spacial score (nSPS) is 42.1. The average molecular weight is 371 g/mol. The van der Waals surface area contributed by atoms with Gasteiger partial charge in [-0.2, -0.15) is 0 Å². The second-order valence-electron chi connectivity index (χ2n) is 4.46. The van der Waals surface area contributed by atoms with Crippen LogP contribution in [0.1, 0.15) is 0 Å². The van der Waals surface area contributed by atoms with Gasteiger partial charge in [-0.1, -0.05) is 21.6 Å². The summed E-state index contributed by atoms with van der Waals surface area (Å²) in [7, 11) is -3.38. The van der Waals surface area contributed by atoms with Gasteiger partial charge in [0, 0.05) is 10.5 Å². The Morgan fingerprint density at radius 1 is 0.722 bits per heavy atom. The molecule has 2 saturated heterocycles. The monoisotopic (exact) mass is 370 g/mol. The van der Waals surface area contributed by atoms with E-state index < -0.39 is 30.4 Å². The predicted octanol–water partition coefficient (Wildman–Crippen LogP) is 1.18. The maximum Gasteiger partial charge on any atom is 0.152 e. The minimum Gasteiger partial charge on any atom is -0.229 e. The molecule has 0 spiro atoms. The summed E-state index contributed by atoms with van der Waals surface area (Å²) in [6, 6.07) is 0. The second-order valence-corrected chi connectivity index (χ2v) is 12.6. The van der Waals surface area contributed by atoms with Gasteiger partial charge >= 0.3 is 0 Å². The van der Waals surface area contributed by atoms with Gasteiger partial charge in [0.05, 0.1) is 33.8 Å². The van der Waals surface area contributed by atoms with Crippen molar-refractivity contribution in [3.05, 3.63) is 0 Å². The number of hydrogen-bond acceptors (Lipinski definition) is 6. The van der Waals surface area contributed by atoms with Crippen LogP contribution in [0.25, 0.3) is 0 Å². The second kappa shape index (κ2) is 5.52. The number of rotatable bonds is 3. The SMILES string of the molecule is O=S1(=O)C[C@@H](Cl)[C@@H](SS[C@@H]2CS(=O)(=O)C[C@@H]2Cl)C1. The van der Waals surface area contributed by atoms with Gasteiger partial charge in [-0.25, -0.2) is 16.8 Å². The van der Waals surface area contributed by atoms with Gasteiger partial charge in [0.2, 0.25) is 0 Å². The molecule has 0 radical (unpaired) electrons. The van der Waals surface area contributed by atoms with Crippen molar-refractivity contribution >= 4 is 64.5 Å². The molecule has 0 bridgehead atoms. The van der Waals surface area contributed by atoms with Gasteiger partial charge in [0.25, 0.3) is 0 Å². The lowest BCUT2D eigenvalue weighted by atomic mass is 10.4. The lowest BCUT2D eigenvalue weighted by Crippen LogP contribution is -2.17. The topological polar surface area (TPSA) is 68.3 Å². The van der Waals surface area contributed by atoms with E-state index in [1.165, 1.54) is 21.6 Å². The third kappa shape index (κ3) is 3.85. The fourth-order valence-corrected chi connectivity index (χ4v) is 12.6. The van der Waals surface area contributed by atoms with Gasteiger partial charge in [0.1, 0.15) is 0 Å². The van der Waals surface area contributed by atoms with Crippen LogP contribution in [-0.4, -0.2) is 61.1 Å². The minimum absolute atomic E-state index is 0.0000507. The van der Waals surface area contributed by atoms with Crippen molar-refractivity contribution in [2.24, 2.45) is 0 Å². The number of sulfone groups is 2. The van der Waals surface area contributed by atoms with Gasteiger partial charge < -0.3 is 0 Å². The minimum atomic E-state index is -3.04. The fourth-order valence-electron chi connectivity index (χ4n) is 1.86. The highest BCUT2D eigenvalue weighted by molar-refractivity contribution is 8.77. The molecule has 2 rings (SSSR count). The first-order valence-electron chi connectivity index (χ1n) is 5.20. The van der Waals surface area contributed by atoms with Crippen molar-refractivity contribution in [1.82, 2.24) is 0 Å². The van der Waals surface area contributed by atoms with E-state index in [1.807, 2.05) is 0 Å². The molecule has 2 fully saturated rings. The molecule has 0 amide bonds. The van der Waals surface area contributed by atoms with E-state index in [4.69, 9.17) is 23.2 Å². The largest absolute Gasteiger partial charge is 0.229 e. The van der Waals surface area contributed by atoms with E-state index in [-0.39, 0.29) is 33.5 Å². The summed E-state index contributed by atoms with van der Waals surface area (Å²) in [5.41, 5.74) is 0. The summed E-state index contributed by atoms with van der Waals surface area (Å²) in [5, 5.41) is -1.18. The molecule has 0 aromatic rings. The standard InChI is InChI=1S/C8H12Cl2O4S4/c9-5-1-17(11,12)3-7(5)15-16-8-4-18(13,14)2-6(8)10/h5-8H,1-4H2/t5-,6+,7+,8-.